The fourth-order valence-electron chi connectivity index (χ4n) is 3.82. The molecule has 0 aliphatic carbocycles. The van der Waals surface area contributed by atoms with Crippen molar-refractivity contribution < 1.29 is 53.5 Å². The number of carboxylic acid groups (broad SMARTS) is 4. The number of carboxylic acids is 4. The second-order valence-corrected chi connectivity index (χ2v) is 8.85. The highest BCUT2D eigenvalue weighted by molar-refractivity contribution is 5.90. The van der Waals surface area contributed by atoms with Gasteiger partial charge in [0, 0.05) is 95.4 Å². The molecule has 2 aliphatic rings. The number of ether oxygens (including phenoxy) is 1. The summed E-state index contributed by atoms with van der Waals surface area (Å²) in [5.41, 5.74) is 1.10. The Morgan fingerprint density at radius 2 is 1.07 bits per heavy atom. The summed E-state index contributed by atoms with van der Waals surface area (Å²) in [7, 11) is 0. The lowest BCUT2D eigenvalue weighted by Gasteiger charge is -2.38. The van der Waals surface area contributed by atoms with Crippen molar-refractivity contribution in [3.8, 4) is 0 Å². The van der Waals surface area contributed by atoms with Crippen molar-refractivity contribution in [1.29, 1.82) is 0 Å². The highest BCUT2D eigenvalue weighted by Crippen LogP contribution is 2.17. The Hall–Kier alpha value is -4.50. The Morgan fingerprint density at radius 1 is 0.690 bits per heavy atom. The summed E-state index contributed by atoms with van der Waals surface area (Å²) >= 11 is 0. The maximum Gasteiger partial charge on any atom is 0.409 e. The van der Waals surface area contributed by atoms with E-state index in [1.165, 1.54) is 12.1 Å². The van der Waals surface area contributed by atoms with Crippen LogP contribution in [0.25, 0.3) is 0 Å². The molecule has 15 heteroatoms. The van der Waals surface area contributed by atoms with Gasteiger partial charge in [-0.25, -0.2) is 28.4 Å². The Morgan fingerprint density at radius 3 is 1.43 bits per heavy atom. The molecule has 2 heterocycles. The van der Waals surface area contributed by atoms with Gasteiger partial charge in [0.15, 0.2) is 0 Å². The zero-order valence-electron chi connectivity index (χ0n) is 23.3. The van der Waals surface area contributed by atoms with Crippen LogP contribution >= 0.6 is 0 Å². The first-order valence-electron chi connectivity index (χ1n) is 13.1. The van der Waals surface area contributed by atoms with Crippen molar-refractivity contribution in [3.63, 3.8) is 0 Å². The molecular weight excluding hydrogens is 559 g/mol. The molecular formula is C27H37FN4O10. The zero-order chi connectivity index (χ0) is 31.5. The maximum atomic E-state index is 13.0. The van der Waals surface area contributed by atoms with E-state index in [1.807, 2.05) is 19.1 Å². The first kappa shape index (κ1) is 35.5. The van der Waals surface area contributed by atoms with Crippen LogP contribution < -0.4 is 4.90 Å². The van der Waals surface area contributed by atoms with Crippen molar-refractivity contribution >= 4 is 35.7 Å². The second kappa shape index (κ2) is 19.6. The lowest BCUT2D eigenvalue weighted by molar-refractivity contribution is -0.134. The van der Waals surface area contributed by atoms with Crippen LogP contribution in [0.4, 0.5) is 14.9 Å². The summed E-state index contributed by atoms with van der Waals surface area (Å²) in [4.78, 5) is 59.0. The van der Waals surface area contributed by atoms with Gasteiger partial charge < -0.3 is 35.0 Å². The third-order valence-corrected chi connectivity index (χ3v) is 5.93. The van der Waals surface area contributed by atoms with Crippen molar-refractivity contribution in [2.45, 2.75) is 6.92 Å². The fraction of sp³-hybridized carbons (Fsp3) is 0.444. The Balaban J connectivity index is 0.000000454. The molecule has 0 aromatic heterocycles. The predicted molar refractivity (Wildman–Crippen MR) is 149 cm³/mol. The van der Waals surface area contributed by atoms with E-state index in [-0.39, 0.29) is 11.9 Å². The molecule has 42 heavy (non-hydrogen) atoms. The summed E-state index contributed by atoms with van der Waals surface area (Å²) in [6.45, 7) is 11.7. The number of nitrogens with zero attached hydrogens (tertiary/aromatic N) is 4. The molecule has 3 rings (SSSR count). The minimum atomic E-state index is -1.26. The van der Waals surface area contributed by atoms with Gasteiger partial charge in [0.2, 0.25) is 0 Å². The molecule has 0 saturated carbocycles. The van der Waals surface area contributed by atoms with Crippen molar-refractivity contribution in [3.05, 3.63) is 54.4 Å². The average molecular weight is 597 g/mol. The maximum absolute atomic E-state index is 13.0. The number of halogens is 1. The van der Waals surface area contributed by atoms with E-state index < -0.39 is 23.9 Å². The van der Waals surface area contributed by atoms with E-state index in [9.17, 15) is 28.4 Å². The van der Waals surface area contributed by atoms with E-state index in [4.69, 9.17) is 25.2 Å². The topological polar surface area (TPSA) is 188 Å². The van der Waals surface area contributed by atoms with E-state index in [0.717, 1.165) is 71.1 Å². The van der Waals surface area contributed by atoms with Gasteiger partial charge in [0.25, 0.3) is 0 Å². The molecule has 232 valence electrons. The lowest BCUT2D eigenvalue weighted by atomic mass is 10.2. The minimum absolute atomic E-state index is 0.185. The van der Waals surface area contributed by atoms with Gasteiger partial charge in [0.1, 0.15) is 5.82 Å². The summed E-state index contributed by atoms with van der Waals surface area (Å²) in [5, 5.41) is 31.2. The lowest BCUT2D eigenvalue weighted by Crippen LogP contribution is -2.52. The monoisotopic (exact) mass is 596 g/mol. The number of hydrogen-bond donors (Lipinski definition) is 4. The molecule has 14 nitrogen and oxygen atoms in total. The normalized spacial score (nSPS) is 15.8. The molecule has 4 N–H and O–H groups in total. The largest absolute Gasteiger partial charge is 0.478 e. The summed E-state index contributed by atoms with van der Waals surface area (Å²) < 4.78 is 18.1. The van der Waals surface area contributed by atoms with Gasteiger partial charge >= 0.3 is 30.0 Å². The van der Waals surface area contributed by atoms with Crippen LogP contribution in [0.5, 0.6) is 0 Å². The SMILES string of the molecule is CCOC(=O)N1CCN(CCN2CCN(c3ccc(F)cc3)CC2)CC1.O=C(O)/C=C/C(=O)O.O=C(O)/C=C/C(=O)O. The first-order chi connectivity index (χ1) is 19.9. The predicted octanol–water partition coefficient (Wildman–Crippen LogP) is 1.15. The van der Waals surface area contributed by atoms with Gasteiger partial charge in [-0.15, -0.1) is 0 Å². The molecule has 2 aliphatic heterocycles. The van der Waals surface area contributed by atoms with Crippen LogP contribution in [-0.4, -0.2) is 137 Å². The molecule has 0 atom stereocenters. The van der Waals surface area contributed by atoms with Gasteiger partial charge in [-0.3, -0.25) is 9.80 Å². The molecule has 1 aromatic rings. The Kier molecular flexibility index (Phi) is 16.5. The third-order valence-electron chi connectivity index (χ3n) is 5.93. The molecule has 0 radical (unpaired) electrons. The van der Waals surface area contributed by atoms with Crippen LogP contribution in [0.2, 0.25) is 0 Å². The van der Waals surface area contributed by atoms with E-state index >= 15 is 0 Å². The average Bonchev–Trinajstić information content (AvgIpc) is 2.96. The van der Waals surface area contributed by atoms with E-state index in [1.54, 1.807) is 4.90 Å². The number of carbonyl (C=O) groups is 5. The molecule has 0 bridgehead atoms. The second-order valence-electron chi connectivity index (χ2n) is 8.85. The first-order valence-corrected chi connectivity index (χ1v) is 13.1. The number of piperazine rings is 2. The number of benzene rings is 1. The molecule has 1 amide bonds. The third kappa shape index (κ3) is 15.9. The van der Waals surface area contributed by atoms with Crippen LogP contribution in [-0.2, 0) is 23.9 Å². The quantitative estimate of drug-likeness (QED) is 0.297. The molecule has 1 aromatic carbocycles. The van der Waals surface area contributed by atoms with Gasteiger partial charge in [0.05, 0.1) is 6.61 Å². The highest BCUT2D eigenvalue weighted by Gasteiger charge is 2.23. The van der Waals surface area contributed by atoms with Crippen molar-refractivity contribution in [1.82, 2.24) is 14.7 Å². The number of aliphatic carboxylic acids is 4. The van der Waals surface area contributed by atoms with Crippen molar-refractivity contribution in [2.75, 3.05) is 77.0 Å². The number of rotatable bonds is 9. The van der Waals surface area contributed by atoms with Crippen LogP contribution in [0.1, 0.15) is 6.92 Å². The smallest absolute Gasteiger partial charge is 0.409 e. The van der Waals surface area contributed by atoms with E-state index in [2.05, 4.69) is 14.7 Å². The van der Waals surface area contributed by atoms with Crippen LogP contribution in [0.3, 0.4) is 0 Å². The zero-order valence-corrected chi connectivity index (χ0v) is 23.3. The van der Waals surface area contributed by atoms with Crippen molar-refractivity contribution in [2.24, 2.45) is 0 Å². The number of hydrogen-bond acceptors (Lipinski definition) is 9. The molecule has 2 fully saturated rings. The number of anilines is 1. The van der Waals surface area contributed by atoms with E-state index in [0.29, 0.717) is 30.9 Å². The molecule has 2 saturated heterocycles. The van der Waals surface area contributed by atoms with Gasteiger partial charge in [-0.05, 0) is 31.2 Å². The fourth-order valence-corrected chi connectivity index (χ4v) is 3.82. The highest BCUT2D eigenvalue weighted by atomic mass is 19.1. The van der Waals surface area contributed by atoms with Crippen LogP contribution in [0, 0.1) is 5.82 Å². The Bertz CT molecular complexity index is 1010. The summed E-state index contributed by atoms with van der Waals surface area (Å²) in [5.74, 6) is -5.21. The van der Waals surface area contributed by atoms with Gasteiger partial charge in [-0.2, -0.15) is 0 Å². The van der Waals surface area contributed by atoms with Gasteiger partial charge in [-0.1, -0.05) is 0 Å². The molecule has 0 unspecified atom stereocenters. The number of amides is 1. The summed E-state index contributed by atoms with van der Waals surface area (Å²) in [6, 6.07) is 6.76. The van der Waals surface area contributed by atoms with Crippen LogP contribution in [0.15, 0.2) is 48.6 Å². The minimum Gasteiger partial charge on any atom is -0.478 e. The summed E-state index contributed by atoms with van der Waals surface area (Å²) in [6.07, 6.45) is 2.04. The number of carbonyl (C=O) groups excluding carboxylic acids is 1. The Labute approximate surface area is 242 Å². The molecule has 0 spiro atoms. The standard InChI is InChI=1S/C19H29FN4O2.2C4H4O4/c1-2-26-19(25)24-15-11-22(12-16-24)8-7-21-9-13-23(14-10-21)18-5-3-17(20)4-6-18;2*5-3(6)1-2-4(7)8/h3-6H,2,7-16H2,1H3;2*1-2H,(H,5,6)(H,7,8)/b;2*2-1+.